The Morgan fingerprint density at radius 1 is 0.943 bits per heavy atom. The second kappa shape index (κ2) is 12.0. The van der Waals surface area contributed by atoms with Crippen LogP contribution in [0.5, 0.6) is 0 Å². The Balaban J connectivity index is 1.98. The fourth-order valence-electron chi connectivity index (χ4n) is 4.84. The molecule has 4 atom stereocenters. The predicted molar refractivity (Wildman–Crippen MR) is 129 cm³/mol. The summed E-state index contributed by atoms with van der Waals surface area (Å²) in [5.74, 6) is -3.85. The van der Waals surface area contributed by atoms with Crippen molar-refractivity contribution in [3.05, 3.63) is 71.3 Å². The topological polar surface area (TPSA) is 147 Å². The van der Waals surface area contributed by atoms with Crippen LogP contribution in [0, 0.1) is 0 Å². The summed E-state index contributed by atoms with van der Waals surface area (Å²) in [6.45, 7) is -0.0592. The lowest BCUT2D eigenvalue weighted by Gasteiger charge is -2.38. The third-order valence-electron chi connectivity index (χ3n) is 6.61. The quantitative estimate of drug-likeness (QED) is 0.313. The number of hydrogen-bond donors (Lipinski definition) is 4. The summed E-state index contributed by atoms with van der Waals surface area (Å²) in [5.41, 5.74) is 14.0. The van der Waals surface area contributed by atoms with Gasteiger partial charge in [0.2, 0.25) is 0 Å². The number of rotatable bonds is 13. The zero-order valence-electron chi connectivity index (χ0n) is 19.4. The van der Waals surface area contributed by atoms with E-state index in [4.69, 9.17) is 11.5 Å². The number of benzene rings is 2. The van der Waals surface area contributed by atoms with Crippen molar-refractivity contribution < 1.29 is 29.0 Å². The van der Waals surface area contributed by atoms with Gasteiger partial charge in [0.15, 0.2) is 11.8 Å². The largest absolute Gasteiger partial charge is 0.480 e. The third kappa shape index (κ3) is 6.30. The van der Waals surface area contributed by atoms with Crippen molar-refractivity contribution in [2.24, 2.45) is 11.5 Å². The summed E-state index contributed by atoms with van der Waals surface area (Å²) >= 11 is 0. The minimum Gasteiger partial charge on any atom is -0.480 e. The Kier molecular flexibility index (Phi) is 9.08. The monoisotopic (exact) mass is 485 g/mol. The second-order valence-electron chi connectivity index (χ2n) is 8.92. The number of aryl methyl sites for hydroxylation is 1. The summed E-state index contributed by atoms with van der Waals surface area (Å²) < 4.78 is 14.5. The van der Waals surface area contributed by atoms with Gasteiger partial charge in [-0.3, -0.25) is 19.3 Å². The van der Waals surface area contributed by atoms with Gasteiger partial charge in [-0.25, -0.2) is 4.39 Å². The standard InChI is InChI=1S/C26H32FN3O5/c27-20(12-13-28)22(29)24(31)23(26(34)35)30(19-14-17-8-4-5-9-18(17)15-19)21(25(32)33)11-10-16-6-2-1-3-7-16/h1-9,19-23H,10-15,28-29H2,(H,32,33)(H,34,35)/t20?,21-,22-,23?/m0/s1. The van der Waals surface area contributed by atoms with Crippen LogP contribution in [0.2, 0.25) is 0 Å². The molecule has 8 nitrogen and oxygen atoms in total. The molecule has 0 saturated carbocycles. The maximum Gasteiger partial charge on any atom is 0.328 e. The first kappa shape index (κ1) is 26.5. The third-order valence-corrected chi connectivity index (χ3v) is 6.61. The molecule has 0 aromatic heterocycles. The molecule has 188 valence electrons. The molecule has 2 aromatic carbocycles. The number of aliphatic carboxylic acids is 2. The van der Waals surface area contributed by atoms with Crippen LogP contribution in [0.15, 0.2) is 54.6 Å². The van der Waals surface area contributed by atoms with E-state index < -0.39 is 48.1 Å². The number of carboxylic acid groups (broad SMARTS) is 2. The number of carboxylic acids is 2. The number of Topliss-reactive ketones (excluding diaryl/α,β-unsaturated/α-hetero) is 1. The minimum absolute atomic E-state index is 0.0592. The molecule has 0 fully saturated rings. The lowest BCUT2D eigenvalue weighted by atomic mass is 9.93. The van der Waals surface area contributed by atoms with Crippen molar-refractivity contribution in [3.8, 4) is 0 Å². The van der Waals surface area contributed by atoms with Crippen molar-refractivity contribution in [1.29, 1.82) is 0 Å². The molecule has 0 bridgehead atoms. The van der Waals surface area contributed by atoms with Crippen molar-refractivity contribution in [1.82, 2.24) is 4.90 Å². The van der Waals surface area contributed by atoms with E-state index in [1.807, 2.05) is 54.6 Å². The van der Waals surface area contributed by atoms with E-state index >= 15 is 0 Å². The zero-order valence-corrected chi connectivity index (χ0v) is 19.4. The van der Waals surface area contributed by atoms with Gasteiger partial charge in [-0.15, -0.1) is 0 Å². The van der Waals surface area contributed by atoms with Crippen LogP contribution in [0.3, 0.4) is 0 Å². The van der Waals surface area contributed by atoms with Crippen molar-refractivity contribution in [2.45, 2.75) is 62.4 Å². The number of halogens is 1. The van der Waals surface area contributed by atoms with Gasteiger partial charge in [0.05, 0.1) is 6.04 Å². The minimum atomic E-state index is -1.91. The van der Waals surface area contributed by atoms with Crippen molar-refractivity contribution >= 4 is 17.7 Å². The van der Waals surface area contributed by atoms with Crippen LogP contribution in [-0.2, 0) is 33.6 Å². The molecule has 0 radical (unpaired) electrons. The molecule has 35 heavy (non-hydrogen) atoms. The highest BCUT2D eigenvalue weighted by Gasteiger charge is 2.47. The van der Waals surface area contributed by atoms with E-state index in [0.29, 0.717) is 19.3 Å². The first-order chi connectivity index (χ1) is 16.7. The van der Waals surface area contributed by atoms with Gasteiger partial charge in [0.25, 0.3) is 0 Å². The molecule has 9 heteroatoms. The van der Waals surface area contributed by atoms with E-state index in [1.165, 1.54) is 4.90 Å². The normalized spacial score (nSPS) is 16.9. The Morgan fingerprint density at radius 3 is 2.03 bits per heavy atom. The second-order valence-corrected chi connectivity index (χ2v) is 8.92. The van der Waals surface area contributed by atoms with Crippen molar-refractivity contribution in [2.75, 3.05) is 6.54 Å². The molecule has 0 aliphatic heterocycles. The molecule has 2 aromatic rings. The SMILES string of the molecule is NCCC(F)[C@H](N)C(=O)C(C(=O)O)N(C1Cc2ccccc2C1)[C@@H](CCc1ccccc1)C(=O)O. The van der Waals surface area contributed by atoms with E-state index in [-0.39, 0.29) is 19.4 Å². The molecular formula is C26H32FN3O5. The van der Waals surface area contributed by atoms with E-state index in [1.54, 1.807) is 0 Å². The fraction of sp³-hybridized carbons (Fsp3) is 0.423. The molecule has 0 saturated heterocycles. The molecule has 0 heterocycles. The number of hydrogen-bond acceptors (Lipinski definition) is 6. The lowest BCUT2D eigenvalue weighted by Crippen LogP contribution is -2.62. The molecule has 6 N–H and O–H groups in total. The molecule has 0 spiro atoms. The summed E-state index contributed by atoms with van der Waals surface area (Å²) in [5, 5.41) is 20.3. The predicted octanol–water partition coefficient (Wildman–Crippen LogP) is 1.58. The van der Waals surface area contributed by atoms with Gasteiger partial charge in [0.1, 0.15) is 12.2 Å². The number of alkyl halides is 1. The van der Waals surface area contributed by atoms with Gasteiger partial charge >= 0.3 is 11.9 Å². The fourth-order valence-corrected chi connectivity index (χ4v) is 4.84. The summed E-state index contributed by atoms with van der Waals surface area (Å²) in [6.07, 6.45) is -0.854. The van der Waals surface area contributed by atoms with Crippen molar-refractivity contribution in [3.63, 3.8) is 0 Å². The lowest BCUT2D eigenvalue weighted by molar-refractivity contribution is -0.157. The first-order valence-corrected chi connectivity index (χ1v) is 11.7. The number of nitrogens with two attached hydrogens (primary N) is 2. The smallest absolute Gasteiger partial charge is 0.328 e. The Bertz CT molecular complexity index is 1010. The van der Waals surface area contributed by atoms with Gasteiger partial charge in [-0.05, 0) is 55.3 Å². The first-order valence-electron chi connectivity index (χ1n) is 11.7. The maximum atomic E-state index is 14.5. The Hall–Kier alpha value is -3.14. The Morgan fingerprint density at radius 2 is 1.51 bits per heavy atom. The summed E-state index contributed by atoms with van der Waals surface area (Å²) in [4.78, 5) is 39.4. The van der Waals surface area contributed by atoms with Gasteiger partial charge < -0.3 is 21.7 Å². The van der Waals surface area contributed by atoms with Crippen LogP contribution >= 0.6 is 0 Å². The number of fused-ring (bicyclic) bond motifs is 1. The highest BCUT2D eigenvalue weighted by Crippen LogP contribution is 2.30. The van der Waals surface area contributed by atoms with Crippen LogP contribution in [0.25, 0.3) is 0 Å². The van der Waals surface area contributed by atoms with Gasteiger partial charge in [0, 0.05) is 6.04 Å². The molecular weight excluding hydrogens is 453 g/mol. The Labute approximate surface area is 203 Å². The summed E-state index contributed by atoms with van der Waals surface area (Å²) in [6, 6.07) is 11.2. The van der Waals surface area contributed by atoms with Crippen LogP contribution in [-0.4, -0.2) is 69.7 Å². The highest BCUT2D eigenvalue weighted by atomic mass is 19.1. The molecule has 1 aliphatic rings. The molecule has 2 unspecified atom stereocenters. The average Bonchev–Trinajstić information content (AvgIpc) is 3.27. The number of nitrogens with zero attached hydrogens (tertiary/aromatic N) is 1. The van der Waals surface area contributed by atoms with Crippen LogP contribution in [0.4, 0.5) is 4.39 Å². The van der Waals surface area contributed by atoms with E-state index in [9.17, 15) is 29.0 Å². The number of carbonyl (C=O) groups is 3. The molecule has 0 amide bonds. The highest BCUT2D eigenvalue weighted by molar-refractivity contribution is 6.05. The molecule has 1 aliphatic carbocycles. The van der Waals surface area contributed by atoms with E-state index in [2.05, 4.69) is 0 Å². The average molecular weight is 486 g/mol. The molecule has 3 rings (SSSR count). The summed E-state index contributed by atoms with van der Waals surface area (Å²) in [7, 11) is 0. The zero-order chi connectivity index (χ0) is 25.5. The van der Waals surface area contributed by atoms with Crippen LogP contribution < -0.4 is 11.5 Å². The van der Waals surface area contributed by atoms with Crippen LogP contribution in [0.1, 0.15) is 29.5 Å². The number of ketones is 1. The number of carbonyl (C=O) groups excluding carboxylic acids is 1. The van der Waals surface area contributed by atoms with E-state index in [0.717, 1.165) is 16.7 Å². The van der Waals surface area contributed by atoms with Gasteiger partial charge in [-0.2, -0.15) is 0 Å². The maximum absolute atomic E-state index is 14.5. The van der Waals surface area contributed by atoms with Gasteiger partial charge in [-0.1, -0.05) is 54.6 Å².